The van der Waals surface area contributed by atoms with Gasteiger partial charge < -0.3 is 10.2 Å². The summed E-state index contributed by atoms with van der Waals surface area (Å²) in [7, 11) is 0. The summed E-state index contributed by atoms with van der Waals surface area (Å²) in [6.07, 6.45) is 0.599. The highest BCUT2D eigenvalue weighted by atomic mass is 35.5. The molecule has 0 fully saturated rings. The SMILES string of the molecule is Cc1ccc(CC(=O)N(Cc2ccc(Cl)c(Cl)c2)[C@H](Cc2ccccc2)C(=O)NC(C)C)cc1C. The molecule has 1 N–H and O–H groups in total. The van der Waals surface area contributed by atoms with Crippen LogP contribution in [-0.4, -0.2) is 28.8 Å². The van der Waals surface area contributed by atoms with Crippen molar-refractivity contribution >= 4 is 35.0 Å². The Morgan fingerprint density at radius 3 is 2.14 bits per heavy atom. The molecular weight excluding hydrogens is 479 g/mol. The Hall–Kier alpha value is -2.82. The van der Waals surface area contributed by atoms with Crippen molar-refractivity contribution in [3.63, 3.8) is 0 Å². The first-order valence-electron chi connectivity index (χ1n) is 11.8. The molecule has 0 aliphatic rings. The molecule has 3 rings (SSSR count). The Balaban J connectivity index is 1.99. The molecule has 0 saturated heterocycles. The molecule has 6 heteroatoms. The van der Waals surface area contributed by atoms with E-state index in [9.17, 15) is 9.59 Å². The first kappa shape index (κ1) is 26.8. The smallest absolute Gasteiger partial charge is 0.243 e. The van der Waals surface area contributed by atoms with Crippen LogP contribution >= 0.6 is 23.2 Å². The third kappa shape index (κ3) is 7.58. The van der Waals surface area contributed by atoms with Gasteiger partial charge in [-0.25, -0.2) is 0 Å². The van der Waals surface area contributed by atoms with Crippen LogP contribution in [-0.2, 0) is 29.0 Å². The van der Waals surface area contributed by atoms with Gasteiger partial charge in [0.1, 0.15) is 6.04 Å². The molecular formula is C29H32Cl2N2O2. The van der Waals surface area contributed by atoms with Gasteiger partial charge in [0, 0.05) is 19.0 Å². The van der Waals surface area contributed by atoms with Crippen molar-refractivity contribution in [2.24, 2.45) is 0 Å². The highest BCUT2D eigenvalue weighted by Gasteiger charge is 2.31. The van der Waals surface area contributed by atoms with Crippen LogP contribution in [0.3, 0.4) is 0 Å². The van der Waals surface area contributed by atoms with E-state index >= 15 is 0 Å². The lowest BCUT2D eigenvalue weighted by Crippen LogP contribution is -2.52. The second-order valence-corrected chi connectivity index (χ2v) is 10.0. The summed E-state index contributed by atoms with van der Waals surface area (Å²) in [5.74, 6) is -0.309. The molecule has 2 amide bonds. The molecule has 0 spiro atoms. The first-order chi connectivity index (χ1) is 16.6. The molecule has 1 atom stereocenters. The Kier molecular flexibility index (Phi) is 9.36. The van der Waals surface area contributed by atoms with Gasteiger partial charge in [-0.05, 0) is 67.6 Å². The zero-order valence-electron chi connectivity index (χ0n) is 20.6. The number of carbonyl (C=O) groups excluding carboxylic acids is 2. The maximum Gasteiger partial charge on any atom is 0.243 e. The Morgan fingerprint density at radius 1 is 0.829 bits per heavy atom. The number of nitrogens with zero attached hydrogens (tertiary/aromatic N) is 1. The summed E-state index contributed by atoms with van der Waals surface area (Å²) in [6, 6.07) is 20.3. The minimum Gasteiger partial charge on any atom is -0.352 e. The Labute approximate surface area is 218 Å². The van der Waals surface area contributed by atoms with Gasteiger partial charge in [-0.2, -0.15) is 0 Å². The number of aryl methyl sites for hydroxylation is 2. The van der Waals surface area contributed by atoms with E-state index < -0.39 is 6.04 Å². The maximum absolute atomic E-state index is 13.8. The van der Waals surface area contributed by atoms with E-state index in [0.29, 0.717) is 16.5 Å². The molecule has 0 saturated carbocycles. The van der Waals surface area contributed by atoms with Crippen molar-refractivity contribution in [3.05, 3.63) is 105 Å². The molecule has 184 valence electrons. The number of amides is 2. The Bertz CT molecular complexity index is 1180. The predicted molar refractivity (Wildman–Crippen MR) is 144 cm³/mol. The first-order valence-corrected chi connectivity index (χ1v) is 12.5. The molecule has 3 aromatic carbocycles. The van der Waals surface area contributed by atoms with E-state index in [1.165, 1.54) is 5.56 Å². The molecule has 0 aliphatic heterocycles. The van der Waals surface area contributed by atoms with E-state index in [-0.39, 0.29) is 30.8 Å². The summed E-state index contributed by atoms with van der Waals surface area (Å²) in [5, 5.41) is 3.87. The number of benzene rings is 3. The fraction of sp³-hybridized carbons (Fsp3) is 0.310. The van der Waals surface area contributed by atoms with Crippen molar-refractivity contribution in [3.8, 4) is 0 Å². The second kappa shape index (κ2) is 12.2. The van der Waals surface area contributed by atoms with Crippen molar-refractivity contribution in [2.45, 2.75) is 59.2 Å². The third-order valence-electron chi connectivity index (χ3n) is 5.97. The van der Waals surface area contributed by atoms with Gasteiger partial charge in [-0.3, -0.25) is 9.59 Å². The zero-order chi connectivity index (χ0) is 25.5. The van der Waals surface area contributed by atoms with Crippen LogP contribution in [0.1, 0.15) is 41.7 Å². The van der Waals surface area contributed by atoms with E-state index in [1.807, 2.05) is 82.3 Å². The number of carbonyl (C=O) groups is 2. The molecule has 0 aromatic heterocycles. The third-order valence-corrected chi connectivity index (χ3v) is 6.70. The number of hydrogen-bond donors (Lipinski definition) is 1. The summed E-state index contributed by atoms with van der Waals surface area (Å²) in [5.41, 5.74) is 5.01. The molecule has 0 radical (unpaired) electrons. The van der Waals surface area contributed by atoms with Crippen molar-refractivity contribution in [1.29, 1.82) is 0 Å². The number of rotatable bonds is 9. The number of nitrogens with one attached hydrogen (secondary N) is 1. The highest BCUT2D eigenvalue weighted by Crippen LogP contribution is 2.25. The molecule has 0 bridgehead atoms. The molecule has 0 heterocycles. The Morgan fingerprint density at radius 2 is 1.51 bits per heavy atom. The summed E-state index contributed by atoms with van der Waals surface area (Å²) in [6.45, 7) is 8.15. The summed E-state index contributed by atoms with van der Waals surface area (Å²) >= 11 is 12.4. The van der Waals surface area contributed by atoms with Gasteiger partial charge in [0.15, 0.2) is 0 Å². The van der Waals surface area contributed by atoms with Gasteiger partial charge >= 0.3 is 0 Å². The van der Waals surface area contributed by atoms with Gasteiger partial charge in [0.2, 0.25) is 11.8 Å². The van der Waals surface area contributed by atoms with Crippen LogP contribution in [0.25, 0.3) is 0 Å². The van der Waals surface area contributed by atoms with Crippen molar-refractivity contribution in [1.82, 2.24) is 10.2 Å². The predicted octanol–water partition coefficient (Wildman–Crippen LogP) is 6.32. The van der Waals surface area contributed by atoms with Crippen LogP contribution in [0, 0.1) is 13.8 Å². The average molecular weight is 511 g/mol. The molecule has 0 unspecified atom stereocenters. The van der Waals surface area contributed by atoms with Gasteiger partial charge in [0.25, 0.3) is 0 Å². The van der Waals surface area contributed by atoms with Crippen LogP contribution < -0.4 is 5.32 Å². The van der Waals surface area contributed by atoms with Gasteiger partial charge in [0.05, 0.1) is 16.5 Å². The molecule has 3 aromatic rings. The average Bonchev–Trinajstić information content (AvgIpc) is 2.81. The lowest BCUT2D eigenvalue weighted by Gasteiger charge is -2.32. The van der Waals surface area contributed by atoms with Crippen LogP contribution in [0.5, 0.6) is 0 Å². The fourth-order valence-corrected chi connectivity index (χ4v) is 4.28. The van der Waals surface area contributed by atoms with E-state index in [4.69, 9.17) is 23.2 Å². The monoisotopic (exact) mass is 510 g/mol. The molecule has 4 nitrogen and oxygen atoms in total. The standard InChI is InChI=1S/C29H32Cl2N2O2/c1-19(2)32-29(35)27(16-22-8-6-5-7-9-22)33(18-24-12-13-25(30)26(31)15-24)28(34)17-23-11-10-20(3)21(4)14-23/h5-15,19,27H,16-18H2,1-4H3,(H,32,35)/t27-/m1/s1. The van der Waals surface area contributed by atoms with Crippen molar-refractivity contribution < 1.29 is 9.59 Å². The van der Waals surface area contributed by atoms with Crippen LogP contribution in [0.4, 0.5) is 0 Å². The fourth-order valence-electron chi connectivity index (χ4n) is 3.96. The minimum absolute atomic E-state index is 0.0533. The van der Waals surface area contributed by atoms with E-state index in [2.05, 4.69) is 5.32 Å². The molecule has 0 aliphatic carbocycles. The number of hydrogen-bond acceptors (Lipinski definition) is 2. The summed E-state index contributed by atoms with van der Waals surface area (Å²) in [4.78, 5) is 28.9. The van der Waals surface area contributed by atoms with E-state index in [0.717, 1.165) is 22.3 Å². The van der Waals surface area contributed by atoms with Gasteiger partial charge in [-0.15, -0.1) is 0 Å². The lowest BCUT2D eigenvalue weighted by molar-refractivity contribution is -0.141. The minimum atomic E-state index is -0.687. The maximum atomic E-state index is 13.8. The second-order valence-electron chi connectivity index (χ2n) is 9.23. The van der Waals surface area contributed by atoms with Crippen LogP contribution in [0.2, 0.25) is 10.0 Å². The topological polar surface area (TPSA) is 49.4 Å². The van der Waals surface area contributed by atoms with Crippen LogP contribution in [0.15, 0.2) is 66.7 Å². The normalized spacial score (nSPS) is 11.9. The zero-order valence-corrected chi connectivity index (χ0v) is 22.2. The van der Waals surface area contributed by atoms with E-state index in [1.54, 1.807) is 17.0 Å². The summed E-state index contributed by atoms with van der Waals surface area (Å²) < 4.78 is 0. The van der Waals surface area contributed by atoms with Crippen molar-refractivity contribution in [2.75, 3.05) is 0 Å². The van der Waals surface area contributed by atoms with Gasteiger partial charge in [-0.1, -0.05) is 77.8 Å². The number of halogens is 2. The lowest BCUT2D eigenvalue weighted by atomic mass is 10.00. The highest BCUT2D eigenvalue weighted by molar-refractivity contribution is 6.42. The molecule has 35 heavy (non-hydrogen) atoms. The largest absolute Gasteiger partial charge is 0.352 e. The quantitative estimate of drug-likeness (QED) is 0.366.